The number of nitrogens with zero attached hydrogens (tertiary/aromatic N) is 3. The first kappa shape index (κ1) is 22.8. The van der Waals surface area contributed by atoms with E-state index in [1.54, 1.807) is 12.1 Å². The van der Waals surface area contributed by atoms with Gasteiger partial charge in [-0.15, -0.1) is 0 Å². The lowest BCUT2D eigenvalue weighted by Gasteiger charge is -2.23. The molecule has 7 heteroatoms. The molecule has 0 saturated carbocycles. The van der Waals surface area contributed by atoms with E-state index >= 15 is 0 Å². The quantitative estimate of drug-likeness (QED) is 0.317. The summed E-state index contributed by atoms with van der Waals surface area (Å²) in [6.45, 7) is 3.73. The number of hydrogen-bond acceptors (Lipinski definition) is 4. The van der Waals surface area contributed by atoms with Gasteiger partial charge < -0.3 is 10.5 Å². The van der Waals surface area contributed by atoms with E-state index in [2.05, 4.69) is 33.8 Å². The molecule has 34 heavy (non-hydrogen) atoms. The Hall–Kier alpha value is -3.00. The van der Waals surface area contributed by atoms with Gasteiger partial charge in [0.25, 0.3) is 0 Å². The third-order valence-corrected chi connectivity index (χ3v) is 6.57. The van der Waals surface area contributed by atoms with Gasteiger partial charge in [-0.3, -0.25) is 4.90 Å². The van der Waals surface area contributed by atoms with Crippen LogP contribution in [0, 0.1) is 5.82 Å². The molecule has 5 rings (SSSR count). The molecule has 0 aliphatic carbocycles. The van der Waals surface area contributed by atoms with Gasteiger partial charge in [-0.2, -0.15) is 5.10 Å². The standard InChI is InChI=1S/C27H26BrFN4O/c1-18-16-32(14-13-19-3-2-4-23(30)15-19)27(34-18)25-17-33(24-11-7-21(28)8-12-24)31-26(25)20-5-9-22(29)10-6-20/h2-12,15,17-18,27H,13-14,16,30H2,1H3/t18-,27+/m1/s1. The monoisotopic (exact) mass is 520 g/mol. The molecule has 0 unspecified atom stereocenters. The van der Waals surface area contributed by atoms with Crippen molar-refractivity contribution in [1.29, 1.82) is 0 Å². The van der Waals surface area contributed by atoms with E-state index < -0.39 is 0 Å². The Balaban J connectivity index is 1.50. The third-order valence-electron chi connectivity index (χ3n) is 6.04. The molecule has 1 aliphatic rings. The second-order valence-corrected chi connectivity index (χ2v) is 9.57. The lowest BCUT2D eigenvalue weighted by Crippen LogP contribution is -2.27. The normalized spacial score (nSPS) is 18.4. The van der Waals surface area contributed by atoms with E-state index in [4.69, 9.17) is 15.6 Å². The van der Waals surface area contributed by atoms with Gasteiger partial charge >= 0.3 is 0 Å². The molecule has 1 fully saturated rings. The second kappa shape index (κ2) is 9.70. The topological polar surface area (TPSA) is 56.3 Å². The molecule has 3 aromatic carbocycles. The van der Waals surface area contributed by atoms with Crippen LogP contribution < -0.4 is 5.73 Å². The van der Waals surface area contributed by atoms with Crippen LogP contribution in [0.2, 0.25) is 0 Å². The highest BCUT2D eigenvalue weighted by atomic mass is 79.9. The van der Waals surface area contributed by atoms with Crippen molar-refractivity contribution in [3.05, 3.63) is 100 Å². The van der Waals surface area contributed by atoms with Crippen LogP contribution in [0.25, 0.3) is 16.9 Å². The molecular formula is C27H26BrFN4O. The molecule has 1 aliphatic heterocycles. The van der Waals surface area contributed by atoms with Crippen molar-refractivity contribution in [2.75, 3.05) is 18.8 Å². The van der Waals surface area contributed by atoms with Gasteiger partial charge in [-0.05, 0) is 79.6 Å². The summed E-state index contributed by atoms with van der Waals surface area (Å²) < 4.78 is 22.9. The maximum absolute atomic E-state index is 13.6. The molecule has 2 heterocycles. The molecule has 2 N–H and O–H groups in total. The number of rotatable bonds is 6. The van der Waals surface area contributed by atoms with Crippen LogP contribution in [0.3, 0.4) is 0 Å². The Labute approximate surface area is 207 Å². The van der Waals surface area contributed by atoms with Gasteiger partial charge in [-0.1, -0.05) is 28.1 Å². The minimum absolute atomic E-state index is 0.0861. The fourth-order valence-electron chi connectivity index (χ4n) is 4.40. The Bertz CT molecular complexity index is 1270. The maximum atomic E-state index is 13.6. The molecule has 174 valence electrons. The first-order chi connectivity index (χ1) is 16.5. The highest BCUT2D eigenvalue weighted by molar-refractivity contribution is 9.10. The van der Waals surface area contributed by atoms with Crippen molar-refractivity contribution in [2.45, 2.75) is 25.7 Å². The number of benzene rings is 3. The van der Waals surface area contributed by atoms with Crippen LogP contribution in [-0.2, 0) is 11.2 Å². The number of aromatic nitrogens is 2. The van der Waals surface area contributed by atoms with Crippen LogP contribution in [0.1, 0.15) is 24.3 Å². The summed E-state index contributed by atoms with van der Waals surface area (Å²) in [7, 11) is 0. The number of nitrogen functional groups attached to an aromatic ring is 1. The number of anilines is 1. The van der Waals surface area contributed by atoms with Crippen LogP contribution >= 0.6 is 15.9 Å². The zero-order valence-electron chi connectivity index (χ0n) is 18.9. The highest BCUT2D eigenvalue weighted by Gasteiger charge is 2.34. The number of hydrogen-bond donors (Lipinski definition) is 1. The highest BCUT2D eigenvalue weighted by Crippen LogP contribution is 2.37. The minimum atomic E-state index is -0.271. The summed E-state index contributed by atoms with van der Waals surface area (Å²) in [4.78, 5) is 2.34. The SMILES string of the molecule is C[C@@H]1CN(CCc2cccc(N)c2)[C@H](c2cn(-c3ccc(Br)cc3)nc2-c2ccc(F)cc2)O1. The molecule has 0 bridgehead atoms. The van der Waals surface area contributed by atoms with Crippen LogP contribution in [0.5, 0.6) is 0 Å². The molecule has 1 saturated heterocycles. The van der Waals surface area contributed by atoms with Crippen molar-refractivity contribution in [3.8, 4) is 16.9 Å². The molecule has 0 spiro atoms. The van der Waals surface area contributed by atoms with E-state index in [9.17, 15) is 4.39 Å². The third kappa shape index (κ3) is 4.92. The predicted molar refractivity (Wildman–Crippen MR) is 136 cm³/mol. The first-order valence-corrected chi connectivity index (χ1v) is 12.1. The van der Waals surface area contributed by atoms with E-state index in [0.717, 1.165) is 52.2 Å². The van der Waals surface area contributed by atoms with Gasteiger partial charge in [0.1, 0.15) is 12.0 Å². The lowest BCUT2D eigenvalue weighted by atomic mass is 10.1. The number of ether oxygens (including phenoxy) is 1. The summed E-state index contributed by atoms with van der Waals surface area (Å²) in [5.41, 5.74) is 11.5. The van der Waals surface area contributed by atoms with Crippen molar-refractivity contribution in [1.82, 2.24) is 14.7 Å². The Morgan fingerprint density at radius 1 is 1.09 bits per heavy atom. The Morgan fingerprint density at radius 3 is 2.59 bits per heavy atom. The van der Waals surface area contributed by atoms with Crippen LogP contribution in [-0.4, -0.2) is 33.9 Å². The van der Waals surface area contributed by atoms with Crippen LogP contribution in [0.15, 0.2) is 83.5 Å². The van der Waals surface area contributed by atoms with Gasteiger partial charge in [-0.25, -0.2) is 9.07 Å². The average molecular weight is 521 g/mol. The van der Waals surface area contributed by atoms with E-state index in [-0.39, 0.29) is 18.1 Å². The van der Waals surface area contributed by atoms with Crippen molar-refractivity contribution in [2.24, 2.45) is 0 Å². The van der Waals surface area contributed by atoms with Gasteiger partial charge in [0.05, 0.1) is 17.5 Å². The van der Waals surface area contributed by atoms with E-state index in [1.807, 2.05) is 53.3 Å². The van der Waals surface area contributed by atoms with E-state index in [0.29, 0.717) is 0 Å². The van der Waals surface area contributed by atoms with Crippen molar-refractivity contribution < 1.29 is 9.13 Å². The van der Waals surface area contributed by atoms with Crippen LogP contribution in [0.4, 0.5) is 10.1 Å². The smallest absolute Gasteiger partial charge is 0.140 e. The number of halogens is 2. The number of nitrogens with two attached hydrogens (primary N) is 1. The van der Waals surface area contributed by atoms with Crippen molar-refractivity contribution >= 4 is 21.6 Å². The van der Waals surface area contributed by atoms with Gasteiger partial charge in [0.15, 0.2) is 0 Å². The van der Waals surface area contributed by atoms with Crippen molar-refractivity contribution in [3.63, 3.8) is 0 Å². The zero-order chi connectivity index (χ0) is 23.7. The molecule has 0 amide bonds. The molecule has 0 radical (unpaired) electrons. The first-order valence-electron chi connectivity index (χ1n) is 11.3. The minimum Gasteiger partial charge on any atom is -0.399 e. The predicted octanol–water partition coefficient (Wildman–Crippen LogP) is 5.99. The largest absolute Gasteiger partial charge is 0.399 e. The zero-order valence-corrected chi connectivity index (χ0v) is 20.5. The summed E-state index contributed by atoms with van der Waals surface area (Å²) in [5.74, 6) is -0.271. The second-order valence-electron chi connectivity index (χ2n) is 8.65. The molecule has 4 aromatic rings. The lowest BCUT2D eigenvalue weighted by molar-refractivity contribution is 0.00522. The molecule has 1 aromatic heterocycles. The van der Waals surface area contributed by atoms with Gasteiger partial charge in [0, 0.05) is 40.6 Å². The Kier molecular flexibility index (Phi) is 6.50. The summed E-state index contributed by atoms with van der Waals surface area (Å²) >= 11 is 3.49. The molecule has 5 nitrogen and oxygen atoms in total. The average Bonchev–Trinajstić information content (AvgIpc) is 3.42. The fraction of sp³-hybridized carbons (Fsp3) is 0.222. The van der Waals surface area contributed by atoms with E-state index in [1.165, 1.54) is 17.7 Å². The summed E-state index contributed by atoms with van der Waals surface area (Å²) in [6, 6.07) is 22.5. The summed E-state index contributed by atoms with van der Waals surface area (Å²) in [6.07, 6.45) is 2.73. The van der Waals surface area contributed by atoms with Gasteiger partial charge in [0.2, 0.25) is 0 Å². The fourth-order valence-corrected chi connectivity index (χ4v) is 4.67. The maximum Gasteiger partial charge on any atom is 0.140 e. The summed E-state index contributed by atoms with van der Waals surface area (Å²) in [5, 5.41) is 4.90. The molecular weight excluding hydrogens is 495 g/mol. The molecule has 2 atom stereocenters. The Morgan fingerprint density at radius 2 is 1.85 bits per heavy atom.